The van der Waals surface area contributed by atoms with E-state index in [1.807, 2.05) is 11.8 Å². The van der Waals surface area contributed by atoms with Crippen molar-refractivity contribution in [2.75, 3.05) is 11.5 Å². The lowest BCUT2D eigenvalue weighted by atomic mass is 10.1. The quantitative estimate of drug-likeness (QED) is 0.324. The minimum atomic E-state index is 1.05. The minimum absolute atomic E-state index is 1.05. The Morgan fingerprint density at radius 1 is 0.944 bits per heavy atom. The number of aryl methyl sites for hydroxylation is 1. The molecule has 102 valence electrons. The van der Waals surface area contributed by atoms with Crippen molar-refractivity contribution >= 4 is 24.4 Å². The third-order valence-electron chi connectivity index (χ3n) is 3.06. The van der Waals surface area contributed by atoms with Crippen molar-refractivity contribution in [1.82, 2.24) is 0 Å². The van der Waals surface area contributed by atoms with Crippen LogP contribution in [0.4, 0.5) is 0 Å². The van der Waals surface area contributed by atoms with Crippen molar-refractivity contribution in [3.8, 4) is 0 Å². The summed E-state index contributed by atoms with van der Waals surface area (Å²) < 4.78 is 0. The van der Waals surface area contributed by atoms with Gasteiger partial charge in [0.1, 0.15) is 0 Å². The van der Waals surface area contributed by atoms with Crippen molar-refractivity contribution in [2.45, 2.75) is 56.8 Å². The highest BCUT2D eigenvalue weighted by Gasteiger charge is 1.95. The summed E-state index contributed by atoms with van der Waals surface area (Å²) in [7, 11) is 0. The highest BCUT2D eigenvalue weighted by molar-refractivity contribution is 7.99. The standard InChI is InChI=1S/C16H26S2/c1-15-10-9-11-16(14-15)18-13-8-6-4-2-3-5-7-12-17/h9-11,14,17H,2-8,12-13H2,1H3. The molecule has 0 aliphatic heterocycles. The molecular weight excluding hydrogens is 256 g/mol. The summed E-state index contributed by atoms with van der Waals surface area (Å²) in [6, 6.07) is 8.81. The second-order valence-electron chi connectivity index (χ2n) is 4.86. The molecule has 0 saturated carbocycles. The van der Waals surface area contributed by atoms with Gasteiger partial charge in [-0.15, -0.1) is 11.8 Å². The van der Waals surface area contributed by atoms with Gasteiger partial charge in [-0.05, 0) is 43.4 Å². The molecule has 0 nitrogen and oxygen atoms in total. The van der Waals surface area contributed by atoms with E-state index in [1.54, 1.807) is 0 Å². The van der Waals surface area contributed by atoms with Crippen LogP contribution in [0.1, 0.15) is 50.5 Å². The van der Waals surface area contributed by atoms with E-state index in [9.17, 15) is 0 Å². The van der Waals surface area contributed by atoms with Crippen LogP contribution in [0.2, 0.25) is 0 Å². The van der Waals surface area contributed by atoms with Gasteiger partial charge in [0, 0.05) is 4.90 Å². The van der Waals surface area contributed by atoms with Gasteiger partial charge in [-0.25, -0.2) is 0 Å². The van der Waals surface area contributed by atoms with Gasteiger partial charge in [-0.2, -0.15) is 12.6 Å². The number of hydrogen-bond donors (Lipinski definition) is 1. The average Bonchev–Trinajstić information content (AvgIpc) is 2.37. The molecule has 0 heterocycles. The summed E-state index contributed by atoms with van der Waals surface area (Å²) in [5.41, 5.74) is 1.36. The van der Waals surface area contributed by atoms with E-state index in [1.165, 1.54) is 61.2 Å². The summed E-state index contributed by atoms with van der Waals surface area (Å²) >= 11 is 6.23. The van der Waals surface area contributed by atoms with E-state index >= 15 is 0 Å². The maximum atomic E-state index is 4.23. The zero-order valence-corrected chi connectivity index (χ0v) is 13.2. The molecule has 1 aromatic carbocycles. The van der Waals surface area contributed by atoms with E-state index in [0.29, 0.717) is 0 Å². The number of thiol groups is 1. The minimum Gasteiger partial charge on any atom is -0.179 e. The fourth-order valence-corrected chi connectivity index (χ4v) is 3.24. The second kappa shape index (κ2) is 10.8. The molecule has 0 spiro atoms. The first kappa shape index (κ1) is 16.0. The van der Waals surface area contributed by atoms with Crippen molar-refractivity contribution in [2.24, 2.45) is 0 Å². The predicted octanol–water partition coefficient (Wildman–Crippen LogP) is 5.75. The lowest BCUT2D eigenvalue weighted by Crippen LogP contribution is -1.84. The molecule has 2 heteroatoms. The molecule has 0 amide bonds. The van der Waals surface area contributed by atoms with E-state index < -0.39 is 0 Å². The van der Waals surface area contributed by atoms with Gasteiger partial charge in [-0.3, -0.25) is 0 Å². The molecule has 1 aromatic rings. The van der Waals surface area contributed by atoms with Crippen LogP contribution in [0.5, 0.6) is 0 Å². The van der Waals surface area contributed by atoms with E-state index in [2.05, 4.69) is 43.8 Å². The van der Waals surface area contributed by atoms with Gasteiger partial charge < -0.3 is 0 Å². The highest BCUT2D eigenvalue weighted by Crippen LogP contribution is 2.20. The van der Waals surface area contributed by atoms with Gasteiger partial charge >= 0.3 is 0 Å². The summed E-state index contributed by atoms with van der Waals surface area (Å²) in [5.74, 6) is 2.31. The Morgan fingerprint density at radius 3 is 2.28 bits per heavy atom. The Bertz CT molecular complexity index is 310. The first-order valence-electron chi connectivity index (χ1n) is 7.13. The zero-order chi connectivity index (χ0) is 13.1. The summed E-state index contributed by atoms with van der Waals surface area (Å²) in [5, 5.41) is 0. The maximum absolute atomic E-state index is 4.23. The normalized spacial score (nSPS) is 10.8. The van der Waals surface area contributed by atoms with Crippen LogP contribution in [-0.2, 0) is 0 Å². The first-order valence-corrected chi connectivity index (χ1v) is 8.75. The highest BCUT2D eigenvalue weighted by atomic mass is 32.2. The Morgan fingerprint density at radius 2 is 1.61 bits per heavy atom. The van der Waals surface area contributed by atoms with Crippen LogP contribution in [0.15, 0.2) is 29.2 Å². The largest absolute Gasteiger partial charge is 0.179 e. The predicted molar refractivity (Wildman–Crippen MR) is 88.1 cm³/mol. The van der Waals surface area contributed by atoms with Crippen molar-refractivity contribution in [1.29, 1.82) is 0 Å². The number of unbranched alkanes of at least 4 members (excludes halogenated alkanes) is 6. The summed E-state index contributed by atoms with van der Waals surface area (Å²) in [6.07, 6.45) is 9.59. The monoisotopic (exact) mass is 282 g/mol. The maximum Gasteiger partial charge on any atom is 0.00745 e. The Hall–Kier alpha value is -0.0800. The van der Waals surface area contributed by atoms with Gasteiger partial charge in [0.2, 0.25) is 0 Å². The molecule has 0 radical (unpaired) electrons. The number of thioether (sulfide) groups is 1. The van der Waals surface area contributed by atoms with Gasteiger partial charge in [-0.1, -0.05) is 49.8 Å². The molecule has 0 fully saturated rings. The molecule has 0 N–H and O–H groups in total. The number of benzene rings is 1. The molecular formula is C16H26S2. The van der Waals surface area contributed by atoms with Crippen LogP contribution >= 0.6 is 24.4 Å². The molecule has 0 saturated heterocycles. The van der Waals surface area contributed by atoms with Crippen LogP contribution in [0.25, 0.3) is 0 Å². The first-order chi connectivity index (χ1) is 8.83. The number of rotatable bonds is 10. The topological polar surface area (TPSA) is 0 Å². The average molecular weight is 283 g/mol. The van der Waals surface area contributed by atoms with Gasteiger partial charge in [0.05, 0.1) is 0 Å². The van der Waals surface area contributed by atoms with E-state index in [-0.39, 0.29) is 0 Å². The molecule has 0 bridgehead atoms. The zero-order valence-electron chi connectivity index (χ0n) is 11.5. The molecule has 0 unspecified atom stereocenters. The fraction of sp³-hybridized carbons (Fsp3) is 0.625. The summed E-state index contributed by atoms with van der Waals surface area (Å²) in [6.45, 7) is 2.16. The Balaban J connectivity index is 1.92. The molecule has 1 rings (SSSR count). The smallest absolute Gasteiger partial charge is 0.00745 e. The Kier molecular flexibility index (Phi) is 9.59. The van der Waals surface area contributed by atoms with Crippen LogP contribution in [0.3, 0.4) is 0 Å². The fourth-order valence-electron chi connectivity index (χ4n) is 1.99. The molecule has 0 atom stereocenters. The molecule has 0 aliphatic carbocycles. The number of hydrogen-bond acceptors (Lipinski definition) is 2. The van der Waals surface area contributed by atoms with Crippen LogP contribution in [0, 0.1) is 6.92 Å². The molecule has 0 aliphatic rings. The van der Waals surface area contributed by atoms with Crippen LogP contribution < -0.4 is 0 Å². The molecule has 0 aromatic heterocycles. The second-order valence-corrected chi connectivity index (χ2v) is 6.48. The van der Waals surface area contributed by atoms with Crippen molar-refractivity contribution < 1.29 is 0 Å². The van der Waals surface area contributed by atoms with Crippen LogP contribution in [-0.4, -0.2) is 11.5 Å². The SMILES string of the molecule is Cc1cccc(SCCCCCCCCCS)c1. The third-order valence-corrected chi connectivity index (χ3v) is 4.46. The van der Waals surface area contributed by atoms with Gasteiger partial charge in [0.15, 0.2) is 0 Å². The Labute approximate surface area is 122 Å². The summed E-state index contributed by atoms with van der Waals surface area (Å²) in [4.78, 5) is 1.42. The van der Waals surface area contributed by atoms with Gasteiger partial charge in [0.25, 0.3) is 0 Å². The van der Waals surface area contributed by atoms with Crippen molar-refractivity contribution in [3.63, 3.8) is 0 Å². The lowest BCUT2D eigenvalue weighted by molar-refractivity contribution is 0.605. The van der Waals surface area contributed by atoms with Crippen molar-refractivity contribution in [3.05, 3.63) is 29.8 Å². The lowest BCUT2D eigenvalue weighted by Gasteiger charge is -2.03. The van der Waals surface area contributed by atoms with E-state index in [0.717, 1.165) is 5.75 Å². The third kappa shape index (κ3) is 8.10. The molecule has 18 heavy (non-hydrogen) atoms. The van der Waals surface area contributed by atoms with E-state index in [4.69, 9.17) is 0 Å².